The Labute approximate surface area is 179 Å². The molecule has 0 aliphatic carbocycles. The molecule has 0 radical (unpaired) electrons. The maximum absolute atomic E-state index is 12.9. The first-order chi connectivity index (χ1) is 14.8. The Balaban J connectivity index is 2.40. The fraction of sp³-hybridized carbons (Fsp3) is 0.227. The SMILES string of the molecule is COc1cc(C(=O)NC(=Cc2ccccc2)C(=O)NC(C)C(=O)O)cc(OC)c1OC. The topological polar surface area (TPSA) is 123 Å². The summed E-state index contributed by atoms with van der Waals surface area (Å²) in [5, 5.41) is 13.9. The van der Waals surface area contributed by atoms with Gasteiger partial charge in [0.1, 0.15) is 11.7 Å². The van der Waals surface area contributed by atoms with E-state index >= 15 is 0 Å². The number of hydrogen-bond acceptors (Lipinski definition) is 6. The van der Waals surface area contributed by atoms with E-state index in [1.165, 1.54) is 46.5 Å². The van der Waals surface area contributed by atoms with E-state index in [9.17, 15) is 14.4 Å². The summed E-state index contributed by atoms with van der Waals surface area (Å²) in [6.45, 7) is 1.32. The molecule has 9 nitrogen and oxygen atoms in total. The normalized spacial score (nSPS) is 11.8. The molecular formula is C22H24N2O7. The van der Waals surface area contributed by atoms with E-state index in [0.29, 0.717) is 11.3 Å². The van der Waals surface area contributed by atoms with Gasteiger partial charge in [-0.2, -0.15) is 0 Å². The number of nitrogens with one attached hydrogen (secondary N) is 2. The Morgan fingerprint density at radius 1 is 0.968 bits per heavy atom. The molecular weight excluding hydrogens is 404 g/mol. The van der Waals surface area contributed by atoms with Crippen molar-refractivity contribution in [1.29, 1.82) is 0 Å². The molecule has 2 amide bonds. The van der Waals surface area contributed by atoms with Crippen LogP contribution in [0.4, 0.5) is 0 Å². The zero-order valence-electron chi connectivity index (χ0n) is 17.6. The first kappa shape index (κ1) is 23.3. The van der Waals surface area contributed by atoms with Gasteiger partial charge in [0.2, 0.25) is 5.75 Å². The number of methoxy groups -OCH3 is 3. The largest absolute Gasteiger partial charge is 0.493 e. The summed E-state index contributed by atoms with van der Waals surface area (Å²) in [4.78, 5) is 36.7. The van der Waals surface area contributed by atoms with Crippen molar-refractivity contribution in [2.75, 3.05) is 21.3 Å². The van der Waals surface area contributed by atoms with Crippen molar-refractivity contribution < 1.29 is 33.7 Å². The molecule has 0 fully saturated rings. The molecule has 31 heavy (non-hydrogen) atoms. The van der Waals surface area contributed by atoms with Crippen LogP contribution in [0.15, 0.2) is 48.2 Å². The number of carboxylic acids is 1. The first-order valence-electron chi connectivity index (χ1n) is 9.22. The molecule has 1 atom stereocenters. The lowest BCUT2D eigenvalue weighted by Gasteiger charge is -2.16. The van der Waals surface area contributed by atoms with E-state index in [2.05, 4.69) is 10.6 Å². The Bertz CT molecular complexity index is 962. The lowest BCUT2D eigenvalue weighted by molar-refractivity contribution is -0.140. The third-order valence-corrected chi connectivity index (χ3v) is 4.25. The molecule has 0 aromatic heterocycles. The Morgan fingerprint density at radius 3 is 2.03 bits per heavy atom. The number of ether oxygens (including phenoxy) is 3. The van der Waals surface area contributed by atoms with E-state index < -0.39 is 23.8 Å². The van der Waals surface area contributed by atoms with Crippen molar-refractivity contribution in [2.24, 2.45) is 0 Å². The van der Waals surface area contributed by atoms with Crippen LogP contribution in [-0.2, 0) is 9.59 Å². The van der Waals surface area contributed by atoms with Crippen molar-refractivity contribution in [3.05, 3.63) is 59.3 Å². The number of carbonyl (C=O) groups is 3. The van der Waals surface area contributed by atoms with Crippen molar-refractivity contribution in [3.63, 3.8) is 0 Å². The van der Waals surface area contributed by atoms with Gasteiger partial charge in [-0.15, -0.1) is 0 Å². The van der Waals surface area contributed by atoms with Crippen molar-refractivity contribution in [2.45, 2.75) is 13.0 Å². The van der Waals surface area contributed by atoms with Crippen LogP contribution in [0.2, 0.25) is 0 Å². The standard InChI is InChI=1S/C22H24N2O7/c1-13(22(27)28)23-21(26)16(10-14-8-6-5-7-9-14)24-20(25)15-11-17(29-2)19(31-4)18(12-15)30-3/h5-13H,1-4H3,(H,23,26)(H,24,25)(H,27,28). The number of carbonyl (C=O) groups excluding carboxylic acids is 2. The van der Waals surface area contributed by atoms with Gasteiger partial charge in [0, 0.05) is 5.56 Å². The van der Waals surface area contributed by atoms with E-state index in [-0.39, 0.29) is 22.8 Å². The number of carboxylic acid groups (broad SMARTS) is 1. The van der Waals surface area contributed by atoms with Crippen LogP contribution in [0.3, 0.4) is 0 Å². The average molecular weight is 428 g/mol. The molecule has 0 aliphatic rings. The molecule has 0 bridgehead atoms. The summed E-state index contributed by atoms with van der Waals surface area (Å²) in [5.41, 5.74) is 0.659. The van der Waals surface area contributed by atoms with Gasteiger partial charge in [0.05, 0.1) is 21.3 Å². The quantitative estimate of drug-likeness (QED) is 0.523. The van der Waals surface area contributed by atoms with Gasteiger partial charge in [0.25, 0.3) is 11.8 Å². The molecule has 1 unspecified atom stereocenters. The maximum Gasteiger partial charge on any atom is 0.325 e. The maximum atomic E-state index is 12.9. The second-order valence-electron chi connectivity index (χ2n) is 6.37. The summed E-state index contributed by atoms with van der Waals surface area (Å²) in [7, 11) is 4.27. The number of aliphatic carboxylic acids is 1. The minimum absolute atomic E-state index is 0.127. The summed E-state index contributed by atoms with van der Waals surface area (Å²) in [6, 6.07) is 10.5. The molecule has 0 spiro atoms. The lowest BCUT2D eigenvalue weighted by atomic mass is 10.1. The molecule has 2 aromatic rings. The molecule has 164 valence electrons. The summed E-state index contributed by atoms with van der Waals surface area (Å²) >= 11 is 0. The first-order valence-corrected chi connectivity index (χ1v) is 9.22. The molecule has 0 heterocycles. The van der Waals surface area contributed by atoms with Gasteiger partial charge in [-0.1, -0.05) is 30.3 Å². The number of amides is 2. The number of benzene rings is 2. The monoisotopic (exact) mass is 428 g/mol. The fourth-order valence-corrected chi connectivity index (χ4v) is 2.62. The van der Waals surface area contributed by atoms with Gasteiger partial charge in [-0.25, -0.2) is 0 Å². The third-order valence-electron chi connectivity index (χ3n) is 4.25. The smallest absolute Gasteiger partial charge is 0.325 e. The minimum Gasteiger partial charge on any atom is -0.493 e. The van der Waals surface area contributed by atoms with Crippen LogP contribution < -0.4 is 24.8 Å². The predicted octanol–water partition coefficient (Wildman–Crippen LogP) is 2.07. The molecule has 0 saturated carbocycles. The van der Waals surface area contributed by atoms with Crippen LogP contribution in [-0.4, -0.2) is 50.3 Å². The molecule has 3 N–H and O–H groups in total. The van der Waals surface area contributed by atoms with Crippen molar-refractivity contribution >= 4 is 23.9 Å². The fourth-order valence-electron chi connectivity index (χ4n) is 2.62. The molecule has 0 saturated heterocycles. The van der Waals surface area contributed by atoms with E-state index in [1.54, 1.807) is 30.3 Å². The van der Waals surface area contributed by atoms with Crippen LogP contribution in [0.5, 0.6) is 17.2 Å². The highest BCUT2D eigenvalue weighted by molar-refractivity contribution is 6.06. The minimum atomic E-state index is -1.21. The highest BCUT2D eigenvalue weighted by atomic mass is 16.5. The average Bonchev–Trinajstić information content (AvgIpc) is 2.77. The summed E-state index contributed by atoms with van der Waals surface area (Å²) in [6.07, 6.45) is 1.44. The van der Waals surface area contributed by atoms with Crippen molar-refractivity contribution in [3.8, 4) is 17.2 Å². The van der Waals surface area contributed by atoms with Gasteiger partial charge >= 0.3 is 5.97 Å². The Hall–Kier alpha value is -4.01. The van der Waals surface area contributed by atoms with Gasteiger partial charge in [-0.3, -0.25) is 14.4 Å². The summed E-state index contributed by atoms with van der Waals surface area (Å²) in [5.74, 6) is -1.73. The van der Waals surface area contributed by atoms with E-state index in [0.717, 1.165) is 0 Å². The van der Waals surface area contributed by atoms with Crippen LogP contribution >= 0.6 is 0 Å². The zero-order valence-corrected chi connectivity index (χ0v) is 17.6. The predicted molar refractivity (Wildman–Crippen MR) is 113 cm³/mol. The van der Waals surface area contributed by atoms with Crippen molar-refractivity contribution in [1.82, 2.24) is 10.6 Å². The molecule has 0 aliphatic heterocycles. The second kappa shape index (κ2) is 10.7. The van der Waals surface area contributed by atoms with Crippen LogP contribution in [0, 0.1) is 0 Å². The van der Waals surface area contributed by atoms with Crippen LogP contribution in [0.25, 0.3) is 6.08 Å². The second-order valence-corrected chi connectivity index (χ2v) is 6.37. The Kier molecular flexibility index (Phi) is 8.01. The van der Waals surface area contributed by atoms with Gasteiger partial charge in [-0.05, 0) is 30.7 Å². The summed E-state index contributed by atoms with van der Waals surface area (Å²) < 4.78 is 15.7. The van der Waals surface area contributed by atoms with E-state index in [1.807, 2.05) is 0 Å². The van der Waals surface area contributed by atoms with E-state index in [4.69, 9.17) is 19.3 Å². The molecule has 9 heteroatoms. The highest BCUT2D eigenvalue weighted by Crippen LogP contribution is 2.38. The number of hydrogen-bond donors (Lipinski definition) is 3. The zero-order chi connectivity index (χ0) is 23.0. The van der Waals surface area contributed by atoms with Crippen LogP contribution in [0.1, 0.15) is 22.8 Å². The van der Waals surface area contributed by atoms with Gasteiger partial charge < -0.3 is 30.0 Å². The third kappa shape index (κ3) is 5.99. The van der Waals surface area contributed by atoms with Gasteiger partial charge in [0.15, 0.2) is 11.5 Å². The Morgan fingerprint density at radius 2 is 1.55 bits per heavy atom. The highest BCUT2D eigenvalue weighted by Gasteiger charge is 2.22. The molecule has 2 aromatic carbocycles. The molecule has 2 rings (SSSR count). The number of rotatable bonds is 9. The lowest BCUT2D eigenvalue weighted by Crippen LogP contribution is -2.42.